The second kappa shape index (κ2) is 10.6. The molecule has 0 saturated carbocycles. The summed E-state index contributed by atoms with van der Waals surface area (Å²) in [6.45, 7) is 4.35. The van der Waals surface area contributed by atoms with E-state index in [0.717, 1.165) is 5.69 Å². The first-order valence-electron chi connectivity index (χ1n) is 13.3. The fraction of sp³-hybridized carbons (Fsp3) is 0.448. The van der Waals surface area contributed by atoms with Crippen LogP contribution in [0.1, 0.15) is 47.4 Å². The summed E-state index contributed by atoms with van der Waals surface area (Å²) < 4.78 is 10.7. The summed E-state index contributed by atoms with van der Waals surface area (Å²) in [7, 11) is 3.84. The Kier molecular flexibility index (Phi) is 7.20. The molecular weight excluding hydrogens is 500 g/mol. The number of nitrogens with zero attached hydrogens (tertiary/aromatic N) is 3. The summed E-state index contributed by atoms with van der Waals surface area (Å²) in [6, 6.07) is 10.2. The standard InChI is InChI=1S/C29H34N4O6/c1-17(2)13-21(30-27(35)18-5-8-20(9-6-18)31(3)4)29(37)32-12-11-22-26(32)23(34)15-33(22)28(36)19-7-10-24-25(14-19)39-16-38-24/h5-10,14,17,21-22,26H,11-13,15-16H2,1-4H3,(H,30,35)/t21-,22+,26-/m0/s1. The van der Waals surface area contributed by atoms with Gasteiger partial charge in [-0.2, -0.15) is 0 Å². The maximum Gasteiger partial charge on any atom is 0.254 e. The highest BCUT2D eigenvalue weighted by Crippen LogP contribution is 2.35. The van der Waals surface area contributed by atoms with E-state index < -0.39 is 18.1 Å². The van der Waals surface area contributed by atoms with E-state index in [9.17, 15) is 19.2 Å². The highest BCUT2D eigenvalue weighted by atomic mass is 16.7. The monoisotopic (exact) mass is 534 g/mol. The molecule has 2 aromatic carbocycles. The lowest BCUT2D eigenvalue weighted by atomic mass is 10.0. The van der Waals surface area contributed by atoms with Gasteiger partial charge in [-0.15, -0.1) is 0 Å². The van der Waals surface area contributed by atoms with Crippen LogP contribution in [-0.2, 0) is 9.59 Å². The van der Waals surface area contributed by atoms with Crippen molar-refractivity contribution < 1.29 is 28.7 Å². The molecule has 0 bridgehead atoms. The van der Waals surface area contributed by atoms with Crippen LogP contribution in [0.5, 0.6) is 11.5 Å². The van der Waals surface area contributed by atoms with Crippen LogP contribution < -0.4 is 19.7 Å². The van der Waals surface area contributed by atoms with E-state index in [-0.39, 0.29) is 42.8 Å². The van der Waals surface area contributed by atoms with Crippen molar-refractivity contribution in [2.75, 3.05) is 38.9 Å². The Labute approximate surface area is 227 Å². The third-order valence-electron chi connectivity index (χ3n) is 7.54. The highest BCUT2D eigenvalue weighted by molar-refractivity contribution is 6.03. The van der Waals surface area contributed by atoms with Crippen LogP contribution >= 0.6 is 0 Å². The minimum atomic E-state index is -0.781. The van der Waals surface area contributed by atoms with Gasteiger partial charge < -0.3 is 29.5 Å². The first kappa shape index (κ1) is 26.5. The SMILES string of the molecule is CC(C)C[C@H](NC(=O)c1ccc(N(C)C)cc1)C(=O)N1CC[C@@H]2[C@H]1C(=O)CN2C(=O)c1ccc2c(c1)OCO2. The van der Waals surface area contributed by atoms with Gasteiger partial charge in [0.1, 0.15) is 12.1 Å². The van der Waals surface area contributed by atoms with Crippen molar-refractivity contribution in [1.29, 1.82) is 0 Å². The normalized spacial score (nSPS) is 20.3. The first-order valence-corrected chi connectivity index (χ1v) is 13.3. The molecule has 5 rings (SSSR count). The molecule has 10 nitrogen and oxygen atoms in total. The lowest BCUT2D eigenvalue weighted by Gasteiger charge is -2.29. The summed E-state index contributed by atoms with van der Waals surface area (Å²) in [5, 5.41) is 2.91. The Bertz CT molecular complexity index is 1290. The maximum absolute atomic E-state index is 13.8. The Balaban J connectivity index is 1.31. The van der Waals surface area contributed by atoms with E-state index in [4.69, 9.17) is 9.47 Å². The molecule has 0 aliphatic carbocycles. The maximum atomic E-state index is 13.8. The molecule has 0 radical (unpaired) electrons. The van der Waals surface area contributed by atoms with Crippen molar-refractivity contribution in [2.45, 2.75) is 44.8 Å². The van der Waals surface area contributed by atoms with Crippen molar-refractivity contribution >= 4 is 29.2 Å². The van der Waals surface area contributed by atoms with Crippen LogP contribution in [0.3, 0.4) is 0 Å². The zero-order valence-corrected chi connectivity index (χ0v) is 22.7. The van der Waals surface area contributed by atoms with Crippen LogP contribution in [0.2, 0.25) is 0 Å². The fourth-order valence-electron chi connectivity index (χ4n) is 5.58. The number of nitrogens with one attached hydrogen (secondary N) is 1. The quantitative estimate of drug-likeness (QED) is 0.581. The smallest absolute Gasteiger partial charge is 0.254 e. The first-order chi connectivity index (χ1) is 18.6. The number of ether oxygens (including phenoxy) is 2. The number of ketones is 1. The summed E-state index contributed by atoms with van der Waals surface area (Å²) in [4.78, 5) is 58.4. The third-order valence-corrected chi connectivity index (χ3v) is 7.54. The van der Waals surface area contributed by atoms with E-state index in [1.165, 1.54) is 0 Å². The minimum Gasteiger partial charge on any atom is -0.454 e. The minimum absolute atomic E-state index is 0.0637. The molecular formula is C29H34N4O6. The highest BCUT2D eigenvalue weighted by Gasteiger charge is 2.52. The number of amides is 3. The van der Waals surface area contributed by atoms with Crippen molar-refractivity contribution in [3.05, 3.63) is 53.6 Å². The molecule has 10 heteroatoms. The van der Waals surface area contributed by atoms with E-state index in [0.29, 0.717) is 42.0 Å². The van der Waals surface area contributed by atoms with Crippen molar-refractivity contribution in [3.8, 4) is 11.5 Å². The predicted octanol–water partition coefficient (Wildman–Crippen LogP) is 2.32. The zero-order valence-electron chi connectivity index (χ0n) is 22.7. The Morgan fingerprint density at radius 3 is 2.38 bits per heavy atom. The Hall–Kier alpha value is -4.08. The number of carbonyl (C=O) groups is 4. The Morgan fingerprint density at radius 2 is 1.69 bits per heavy atom. The van der Waals surface area contributed by atoms with Gasteiger partial charge >= 0.3 is 0 Å². The number of Topliss-reactive ketones (excluding diaryl/α,β-unsaturated/α-hetero) is 1. The lowest BCUT2D eigenvalue weighted by molar-refractivity contribution is -0.138. The van der Waals surface area contributed by atoms with E-state index in [1.807, 2.05) is 45.0 Å². The van der Waals surface area contributed by atoms with Gasteiger partial charge in [-0.25, -0.2) is 0 Å². The van der Waals surface area contributed by atoms with Crippen LogP contribution in [-0.4, -0.2) is 85.4 Å². The topological polar surface area (TPSA) is 108 Å². The fourth-order valence-corrected chi connectivity index (χ4v) is 5.58. The average molecular weight is 535 g/mol. The molecule has 3 aliphatic rings. The summed E-state index contributed by atoms with van der Waals surface area (Å²) >= 11 is 0. The zero-order chi connectivity index (χ0) is 27.8. The molecule has 3 amide bonds. The van der Waals surface area contributed by atoms with E-state index in [1.54, 1.807) is 40.1 Å². The molecule has 0 aromatic heterocycles. The molecule has 2 aromatic rings. The van der Waals surface area contributed by atoms with Crippen LogP contribution in [0.4, 0.5) is 5.69 Å². The molecule has 3 aliphatic heterocycles. The molecule has 2 saturated heterocycles. The largest absolute Gasteiger partial charge is 0.454 e. The number of anilines is 1. The number of hydrogen-bond acceptors (Lipinski definition) is 7. The third kappa shape index (κ3) is 5.15. The average Bonchev–Trinajstić information content (AvgIpc) is 3.63. The number of hydrogen-bond donors (Lipinski definition) is 1. The number of fused-ring (bicyclic) bond motifs is 2. The van der Waals surface area contributed by atoms with Crippen molar-refractivity contribution in [1.82, 2.24) is 15.1 Å². The number of likely N-dealkylation sites (tertiary alicyclic amines) is 2. The predicted molar refractivity (Wildman–Crippen MR) is 144 cm³/mol. The Morgan fingerprint density at radius 1 is 1.00 bits per heavy atom. The van der Waals surface area contributed by atoms with Crippen LogP contribution in [0.15, 0.2) is 42.5 Å². The van der Waals surface area contributed by atoms with Gasteiger partial charge in [-0.05, 0) is 61.2 Å². The second-order valence-corrected chi connectivity index (χ2v) is 10.9. The number of carbonyl (C=O) groups excluding carboxylic acids is 4. The number of rotatable bonds is 7. The summed E-state index contributed by atoms with van der Waals surface area (Å²) in [5.74, 6) is 0.122. The van der Waals surface area contributed by atoms with Crippen LogP contribution in [0, 0.1) is 5.92 Å². The summed E-state index contributed by atoms with van der Waals surface area (Å²) in [6.07, 6.45) is 0.926. The number of benzene rings is 2. The molecule has 2 fully saturated rings. The van der Waals surface area contributed by atoms with Gasteiger partial charge in [0.2, 0.25) is 12.7 Å². The summed E-state index contributed by atoms with van der Waals surface area (Å²) in [5.41, 5.74) is 1.82. The molecule has 0 spiro atoms. The van der Waals surface area contributed by atoms with E-state index >= 15 is 0 Å². The lowest BCUT2D eigenvalue weighted by Crippen LogP contribution is -2.53. The van der Waals surface area contributed by atoms with Gasteiger partial charge in [0.05, 0.1) is 12.6 Å². The van der Waals surface area contributed by atoms with E-state index in [2.05, 4.69) is 5.32 Å². The molecule has 3 heterocycles. The van der Waals surface area contributed by atoms with Gasteiger partial charge in [0.25, 0.3) is 11.8 Å². The molecule has 0 unspecified atom stereocenters. The molecule has 39 heavy (non-hydrogen) atoms. The van der Waals surface area contributed by atoms with Gasteiger partial charge in [-0.1, -0.05) is 13.8 Å². The molecule has 1 N–H and O–H groups in total. The molecule has 3 atom stereocenters. The van der Waals surface area contributed by atoms with Crippen molar-refractivity contribution in [2.24, 2.45) is 5.92 Å². The van der Waals surface area contributed by atoms with Crippen LogP contribution in [0.25, 0.3) is 0 Å². The van der Waals surface area contributed by atoms with Crippen molar-refractivity contribution in [3.63, 3.8) is 0 Å². The van der Waals surface area contributed by atoms with Gasteiger partial charge in [0.15, 0.2) is 17.3 Å². The van der Waals surface area contributed by atoms with Gasteiger partial charge in [-0.3, -0.25) is 19.2 Å². The van der Waals surface area contributed by atoms with Gasteiger partial charge in [0, 0.05) is 37.5 Å². The second-order valence-electron chi connectivity index (χ2n) is 10.9. The molecule has 206 valence electrons.